The normalized spacial score (nSPS) is 11.0. The number of para-hydroxylation sites is 2. The van der Waals surface area contributed by atoms with Crippen LogP contribution >= 0.6 is 0 Å². The molecule has 0 aliphatic heterocycles. The first kappa shape index (κ1) is 13.3. The van der Waals surface area contributed by atoms with E-state index in [1.807, 2.05) is 6.07 Å². The summed E-state index contributed by atoms with van der Waals surface area (Å²) in [5.74, 6) is -0.998. The van der Waals surface area contributed by atoms with Gasteiger partial charge in [0.05, 0.1) is 23.1 Å². The average molecular weight is 284 g/mol. The summed E-state index contributed by atoms with van der Waals surface area (Å²) in [6.07, 6.45) is 0. The third-order valence-corrected chi connectivity index (χ3v) is 3.53. The summed E-state index contributed by atoms with van der Waals surface area (Å²) < 4.78 is 16.5. The van der Waals surface area contributed by atoms with E-state index >= 15 is 0 Å². The van der Waals surface area contributed by atoms with Gasteiger partial charge in [0, 0.05) is 7.05 Å². The van der Waals surface area contributed by atoms with Crippen molar-refractivity contribution in [1.29, 1.82) is 0 Å². The van der Waals surface area contributed by atoms with E-state index in [4.69, 9.17) is 0 Å². The van der Waals surface area contributed by atoms with E-state index in [0.29, 0.717) is 5.52 Å². The highest BCUT2D eigenvalue weighted by Crippen LogP contribution is 2.13. The molecule has 0 N–H and O–H groups in total. The number of imidazole rings is 1. The predicted octanol–water partition coefficient (Wildman–Crippen LogP) is 2.36. The number of carbonyl (C=O) groups is 1. The molecule has 106 valence electrons. The summed E-state index contributed by atoms with van der Waals surface area (Å²) >= 11 is 0. The molecule has 0 aliphatic rings. The van der Waals surface area contributed by atoms with Gasteiger partial charge in [0.1, 0.15) is 5.82 Å². The van der Waals surface area contributed by atoms with Crippen molar-refractivity contribution < 1.29 is 9.18 Å². The van der Waals surface area contributed by atoms with Crippen molar-refractivity contribution in [2.24, 2.45) is 7.05 Å². The number of rotatable bonds is 3. The molecular weight excluding hydrogens is 271 g/mol. The first-order valence-electron chi connectivity index (χ1n) is 6.51. The summed E-state index contributed by atoms with van der Waals surface area (Å²) in [5.41, 5.74) is 1.11. The Bertz CT molecular complexity index is 893. The number of hydrogen-bond acceptors (Lipinski definition) is 2. The predicted molar refractivity (Wildman–Crippen MR) is 77.9 cm³/mol. The first-order chi connectivity index (χ1) is 10.1. The van der Waals surface area contributed by atoms with Crippen LogP contribution in [0.1, 0.15) is 10.4 Å². The van der Waals surface area contributed by atoms with Crippen LogP contribution in [0, 0.1) is 5.82 Å². The zero-order chi connectivity index (χ0) is 15.0. The fraction of sp³-hybridized carbons (Fsp3) is 0.125. The number of carbonyl (C=O) groups excluding carboxylic acids is 1. The fourth-order valence-corrected chi connectivity index (χ4v) is 2.43. The average Bonchev–Trinajstić information content (AvgIpc) is 2.73. The number of halogens is 1. The lowest BCUT2D eigenvalue weighted by atomic mass is 10.1. The third kappa shape index (κ3) is 2.16. The number of ketones is 1. The van der Waals surface area contributed by atoms with E-state index in [0.717, 1.165) is 5.52 Å². The van der Waals surface area contributed by atoms with Gasteiger partial charge in [-0.05, 0) is 24.3 Å². The molecule has 1 heterocycles. The Hall–Kier alpha value is -2.69. The van der Waals surface area contributed by atoms with Crippen LogP contribution in [0.2, 0.25) is 0 Å². The number of fused-ring (bicyclic) bond motifs is 1. The molecule has 0 unspecified atom stereocenters. The number of aryl methyl sites for hydroxylation is 1. The van der Waals surface area contributed by atoms with E-state index in [9.17, 15) is 14.0 Å². The number of nitrogens with zero attached hydrogens (tertiary/aromatic N) is 2. The quantitative estimate of drug-likeness (QED) is 0.693. The van der Waals surface area contributed by atoms with Gasteiger partial charge in [0.25, 0.3) is 0 Å². The molecule has 3 aromatic rings. The van der Waals surface area contributed by atoms with Crippen molar-refractivity contribution in [1.82, 2.24) is 9.13 Å². The minimum Gasteiger partial charge on any atom is -0.295 e. The molecule has 1 aromatic heterocycles. The van der Waals surface area contributed by atoms with Crippen LogP contribution in [0.5, 0.6) is 0 Å². The second-order valence-electron chi connectivity index (χ2n) is 4.82. The maximum Gasteiger partial charge on any atom is 0.329 e. The van der Waals surface area contributed by atoms with E-state index in [2.05, 4.69) is 0 Å². The Labute approximate surface area is 120 Å². The first-order valence-corrected chi connectivity index (χ1v) is 6.51. The van der Waals surface area contributed by atoms with E-state index < -0.39 is 11.6 Å². The van der Waals surface area contributed by atoms with Crippen LogP contribution in [0.3, 0.4) is 0 Å². The number of benzene rings is 2. The number of hydrogen-bond donors (Lipinski definition) is 0. The molecule has 0 amide bonds. The molecule has 0 saturated carbocycles. The lowest BCUT2D eigenvalue weighted by molar-refractivity contribution is 0.0968. The molecule has 0 fully saturated rings. The largest absolute Gasteiger partial charge is 0.329 e. The third-order valence-electron chi connectivity index (χ3n) is 3.53. The summed E-state index contributed by atoms with van der Waals surface area (Å²) in [6.45, 7) is -0.179. The number of Topliss-reactive ketones (excluding diaryl/α,β-unsaturated/α-hetero) is 1. The molecule has 3 rings (SSSR count). The summed E-state index contributed by atoms with van der Waals surface area (Å²) in [5, 5.41) is 0. The smallest absolute Gasteiger partial charge is 0.295 e. The van der Waals surface area contributed by atoms with E-state index in [1.54, 1.807) is 31.3 Å². The van der Waals surface area contributed by atoms with Crippen LogP contribution < -0.4 is 5.69 Å². The molecule has 0 radical (unpaired) electrons. The van der Waals surface area contributed by atoms with Crippen molar-refractivity contribution in [3.05, 3.63) is 70.4 Å². The van der Waals surface area contributed by atoms with Gasteiger partial charge < -0.3 is 0 Å². The second kappa shape index (κ2) is 5.01. The highest BCUT2D eigenvalue weighted by Gasteiger charge is 2.16. The van der Waals surface area contributed by atoms with Gasteiger partial charge in [-0.1, -0.05) is 24.3 Å². The summed E-state index contributed by atoms with van der Waals surface area (Å²) in [6, 6.07) is 13.0. The molecule has 0 spiro atoms. The van der Waals surface area contributed by atoms with Gasteiger partial charge in [-0.3, -0.25) is 13.9 Å². The van der Waals surface area contributed by atoms with Crippen LogP contribution in [0.4, 0.5) is 4.39 Å². The molecule has 5 heteroatoms. The zero-order valence-corrected chi connectivity index (χ0v) is 11.4. The lowest BCUT2D eigenvalue weighted by Crippen LogP contribution is -2.25. The Kier molecular flexibility index (Phi) is 3.17. The molecule has 2 aromatic carbocycles. The molecule has 4 nitrogen and oxygen atoms in total. The van der Waals surface area contributed by atoms with Gasteiger partial charge in [0.15, 0.2) is 5.78 Å². The Morgan fingerprint density at radius 2 is 1.67 bits per heavy atom. The monoisotopic (exact) mass is 284 g/mol. The molecule has 0 aliphatic carbocycles. The van der Waals surface area contributed by atoms with Crippen molar-refractivity contribution in [3.8, 4) is 0 Å². The van der Waals surface area contributed by atoms with Crippen molar-refractivity contribution in [3.63, 3.8) is 0 Å². The van der Waals surface area contributed by atoms with Crippen molar-refractivity contribution in [2.75, 3.05) is 0 Å². The molecular formula is C16H13FN2O2. The Morgan fingerprint density at radius 3 is 2.38 bits per heavy atom. The minimum absolute atomic E-state index is 0.00247. The van der Waals surface area contributed by atoms with E-state index in [-0.39, 0.29) is 17.8 Å². The summed E-state index contributed by atoms with van der Waals surface area (Å²) in [4.78, 5) is 24.5. The highest BCUT2D eigenvalue weighted by molar-refractivity contribution is 5.96. The van der Waals surface area contributed by atoms with Gasteiger partial charge in [0.2, 0.25) is 0 Å². The zero-order valence-electron chi connectivity index (χ0n) is 11.4. The molecule has 0 atom stereocenters. The van der Waals surface area contributed by atoms with Crippen molar-refractivity contribution >= 4 is 16.8 Å². The maximum absolute atomic E-state index is 13.6. The maximum atomic E-state index is 13.6. The van der Waals surface area contributed by atoms with Crippen LogP contribution in [0.25, 0.3) is 11.0 Å². The highest BCUT2D eigenvalue weighted by atomic mass is 19.1. The molecule has 21 heavy (non-hydrogen) atoms. The fourth-order valence-electron chi connectivity index (χ4n) is 2.43. The number of aromatic nitrogens is 2. The van der Waals surface area contributed by atoms with Crippen molar-refractivity contribution in [2.45, 2.75) is 6.54 Å². The van der Waals surface area contributed by atoms with Crippen LogP contribution in [0.15, 0.2) is 53.3 Å². The van der Waals surface area contributed by atoms with Gasteiger partial charge >= 0.3 is 5.69 Å². The standard InChI is InChI=1S/C16H13FN2O2/c1-18-13-8-4-5-9-14(13)19(16(18)21)10-15(20)11-6-2-3-7-12(11)17/h2-9H,10H2,1H3. The SMILES string of the molecule is Cn1c(=O)n(CC(=O)c2ccccc2F)c2ccccc21. The molecule has 0 saturated heterocycles. The van der Waals surface area contributed by atoms with Crippen LogP contribution in [-0.4, -0.2) is 14.9 Å². The van der Waals surface area contributed by atoms with E-state index in [1.165, 1.54) is 27.3 Å². The summed E-state index contributed by atoms with van der Waals surface area (Å²) in [7, 11) is 1.65. The Morgan fingerprint density at radius 1 is 1.05 bits per heavy atom. The van der Waals surface area contributed by atoms with Gasteiger partial charge in [-0.25, -0.2) is 9.18 Å². The molecule has 0 bridgehead atoms. The minimum atomic E-state index is -0.573. The lowest BCUT2D eigenvalue weighted by Gasteiger charge is -2.04. The topological polar surface area (TPSA) is 44.0 Å². The van der Waals surface area contributed by atoms with Gasteiger partial charge in [-0.2, -0.15) is 0 Å². The van der Waals surface area contributed by atoms with Gasteiger partial charge in [-0.15, -0.1) is 0 Å². The Balaban J connectivity index is 2.07. The second-order valence-corrected chi connectivity index (χ2v) is 4.82. The van der Waals surface area contributed by atoms with Crippen LogP contribution in [-0.2, 0) is 13.6 Å².